The van der Waals surface area contributed by atoms with Gasteiger partial charge in [0.1, 0.15) is 5.54 Å². The first-order chi connectivity index (χ1) is 11.4. The zero-order valence-corrected chi connectivity index (χ0v) is 15.4. The number of nitrogens with two attached hydrogens (primary N) is 1. The lowest BCUT2D eigenvalue weighted by molar-refractivity contribution is -0.144. The number of carbonyl (C=O) groups is 1. The van der Waals surface area contributed by atoms with Gasteiger partial charge in [-0.3, -0.25) is 9.69 Å². The first-order valence-electron chi connectivity index (χ1n) is 8.99. The van der Waals surface area contributed by atoms with Crippen LogP contribution in [0, 0.1) is 0 Å². The molecule has 7 heteroatoms. The fourth-order valence-electron chi connectivity index (χ4n) is 2.28. The molecule has 0 aliphatic heterocycles. The second-order valence-electron chi connectivity index (χ2n) is 6.03. The van der Waals surface area contributed by atoms with E-state index in [0.29, 0.717) is 32.5 Å². The van der Waals surface area contributed by atoms with Crippen molar-refractivity contribution in [1.29, 1.82) is 0 Å². The average Bonchev–Trinajstić information content (AvgIpc) is 2.54. The van der Waals surface area contributed by atoms with Gasteiger partial charge in [-0.1, -0.05) is 46.0 Å². The highest BCUT2D eigenvalue weighted by atomic mass is 16.4. The van der Waals surface area contributed by atoms with Crippen LogP contribution in [0.15, 0.2) is 0 Å². The minimum absolute atomic E-state index is 0.0694. The predicted molar refractivity (Wildman–Crippen MR) is 95.9 cm³/mol. The molecule has 146 valence electrons. The molecule has 6 N–H and O–H groups in total. The quantitative estimate of drug-likeness (QED) is 0.293. The number of nitrogens with zero attached hydrogens (tertiary/aromatic N) is 1. The van der Waals surface area contributed by atoms with Crippen molar-refractivity contribution in [2.45, 2.75) is 64.3 Å². The Kier molecular flexibility index (Phi) is 18.2. The first kappa shape index (κ1) is 25.5. The Morgan fingerprint density at radius 1 is 0.875 bits per heavy atom. The molecule has 1 unspecified atom stereocenters. The molecule has 0 aromatic carbocycles. The molecule has 0 amide bonds. The minimum Gasteiger partial charge on any atom is -0.480 e. The van der Waals surface area contributed by atoms with E-state index in [1.54, 1.807) is 4.90 Å². The standard InChI is InChI=1S/C11H23NO2.C6H15NO3/c1-3-5-7-9-11(12,10(13)14)8-6-4-2;8-4-1-7(2-5-9)3-6-10/h3-9,12H2,1-2H3,(H,13,14);8-10H,1-6H2. The van der Waals surface area contributed by atoms with Crippen LogP contribution >= 0.6 is 0 Å². The molecule has 1 atom stereocenters. The van der Waals surface area contributed by atoms with Crippen molar-refractivity contribution in [2.75, 3.05) is 39.5 Å². The van der Waals surface area contributed by atoms with Gasteiger partial charge in [-0.05, 0) is 12.8 Å². The highest BCUT2D eigenvalue weighted by Gasteiger charge is 2.32. The topological polar surface area (TPSA) is 127 Å². The van der Waals surface area contributed by atoms with Gasteiger partial charge in [-0.25, -0.2) is 0 Å². The molecule has 7 nitrogen and oxygen atoms in total. The van der Waals surface area contributed by atoms with Crippen molar-refractivity contribution < 1.29 is 25.2 Å². The normalized spacial score (nSPS) is 13.3. The number of aliphatic hydroxyl groups is 3. The van der Waals surface area contributed by atoms with E-state index in [2.05, 4.69) is 6.92 Å². The van der Waals surface area contributed by atoms with Crippen molar-refractivity contribution in [2.24, 2.45) is 5.73 Å². The molecule has 0 saturated carbocycles. The van der Waals surface area contributed by atoms with Crippen molar-refractivity contribution in [3.8, 4) is 0 Å². The second kappa shape index (κ2) is 17.1. The van der Waals surface area contributed by atoms with E-state index in [0.717, 1.165) is 32.1 Å². The van der Waals surface area contributed by atoms with Crippen LogP contribution in [-0.2, 0) is 4.79 Å². The highest BCUT2D eigenvalue weighted by Crippen LogP contribution is 2.19. The van der Waals surface area contributed by atoms with Crippen molar-refractivity contribution >= 4 is 5.97 Å². The lowest BCUT2D eigenvalue weighted by Gasteiger charge is -2.24. The predicted octanol–water partition coefficient (Wildman–Crippen LogP) is 0.804. The summed E-state index contributed by atoms with van der Waals surface area (Å²) in [5.41, 5.74) is 4.89. The molecule has 0 aliphatic rings. The molecular weight excluding hydrogens is 312 g/mol. The molecule has 0 aliphatic carbocycles. The molecule has 0 radical (unpaired) electrons. The summed E-state index contributed by atoms with van der Waals surface area (Å²) >= 11 is 0. The van der Waals surface area contributed by atoms with Gasteiger partial charge in [-0.2, -0.15) is 0 Å². The maximum Gasteiger partial charge on any atom is 0.323 e. The van der Waals surface area contributed by atoms with Crippen LogP contribution in [0.25, 0.3) is 0 Å². The molecule has 0 saturated heterocycles. The van der Waals surface area contributed by atoms with E-state index in [4.69, 9.17) is 26.2 Å². The maximum atomic E-state index is 11.0. The van der Waals surface area contributed by atoms with E-state index < -0.39 is 11.5 Å². The molecule has 24 heavy (non-hydrogen) atoms. The summed E-state index contributed by atoms with van der Waals surface area (Å²) in [5.74, 6) is -0.845. The van der Waals surface area contributed by atoms with Crippen LogP contribution in [-0.4, -0.2) is 76.3 Å². The number of aliphatic hydroxyl groups excluding tert-OH is 3. The van der Waals surface area contributed by atoms with Gasteiger partial charge < -0.3 is 26.2 Å². The molecule has 0 aromatic heterocycles. The fourth-order valence-corrected chi connectivity index (χ4v) is 2.28. The Morgan fingerprint density at radius 3 is 1.62 bits per heavy atom. The largest absolute Gasteiger partial charge is 0.480 e. The summed E-state index contributed by atoms with van der Waals surface area (Å²) in [6.45, 7) is 5.91. The number of aliphatic carboxylic acids is 1. The van der Waals surface area contributed by atoms with Crippen molar-refractivity contribution in [3.63, 3.8) is 0 Å². The van der Waals surface area contributed by atoms with Crippen LogP contribution in [0.3, 0.4) is 0 Å². The van der Waals surface area contributed by atoms with Crippen LogP contribution in [0.1, 0.15) is 58.8 Å². The summed E-state index contributed by atoms with van der Waals surface area (Å²) in [6, 6.07) is 0. The van der Waals surface area contributed by atoms with Crippen LogP contribution < -0.4 is 5.73 Å². The van der Waals surface area contributed by atoms with E-state index in [9.17, 15) is 4.79 Å². The van der Waals surface area contributed by atoms with E-state index in [1.165, 1.54) is 0 Å². The summed E-state index contributed by atoms with van der Waals surface area (Å²) in [6.07, 6.45) is 6.19. The zero-order valence-electron chi connectivity index (χ0n) is 15.4. The lowest BCUT2D eigenvalue weighted by atomic mass is 9.88. The number of hydrogen-bond acceptors (Lipinski definition) is 6. The minimum atomic E-state index is -0.981. The van der Waals surface area contributed by atoms with Gasteiger partial charge >= 0.3 is 5.97 Å². The van der Waals surface area contributed by atoms with Gasteiger partial charge in [0.25, 0.3) is 0 Å². The Morgan fingerprint density at radius 2 is 1.29 bits per heavy atom. The Balaban J connectivity index is 0. The number of unbranched alkanes of at least 4 members (excludes halogenated alkanes) is 3. The molecule has 0 fully saturated rings. The van der Waals surface area contributed by atoms with Crippen molar-refractivity contribution in [3.05, 3.63) is 0 Å². The van der Waals surface area contributed by atoms with Crippen LogP contribution in [0.4, 0.5) is 0 Å². The summed E-state index contributed by atoms with van der Waals surface area (Å²) in [4.78, 5) is 12.8. The molecule has 0 heterocycles. The SMILES string of the molecule is CCCCCC(N)(CCCC)C(=O)O.OCCN(CCO)CCO. The third-order valence-corrected chi connectivity index (χ3v) is 3.88. The number of carboxylic acids is 1. The Bertz CT molecular complexity index is 278. The van der Waals surface area contributed by atoms with Crippen LogP contribution in [0.5, 0.6) is 0 Å². The number of hydrogen-bond donors (Lipinski definition) is 5. The average molecular weight is 351 g/mol. The highest BCUT2D eigenvalue weighted by molar-refractivity contribution is 5.78. The lowest BCUT2D eigenvalue weighted by Crippen LogP contribution is -2.47. The monoisotopic (exact) mass is 350 g/mol. The molecule has 0 rings (SSSR count). The molecular formula is C17H38N2O5. The zero-order chi connectivity index (χ0) is 18.8. The number of carboxylic acid groups (broad SMARTS) is 1. The summed E-state index contributed by atoms with van der Waals surface area (Å²) in [7, 11) is 0. The van der Waals surface area contributed by atoms with E-state index in [-0.39, 0.29) is 19.8 Å². The smallest absolute Gasteiger partial charge is 0.323 e. The fraction of sp³-hybridized carbons (Fsp3) is 0.941. The summed E-state index contributed by atoms with van der Waals surface area (Å²) < 4.78 is 0. The number of rotatable bonds is 14. The molecule has 0 aromatic rings. The van der Waals surface area contributed by atoms with Gasteiger partial charge in [-0.15, -0.1) is 0 Å². The van der Waals surface area contributed by atoms with Gasteiger partial charge in [0.15, 0.2) is 0 Å². The first-order valence-corrected chi connectivity index (χ1v) is 8.99. The van der Waals surface area contributed by atoms with Crippen molar-refractivity contribution in [1.82, 2.24) is 4.90 Å². The van der Waals surface area contributed by atoms with Gasteiger partial charge in [0.05, 0.1) is 19.8 Å². The van der Waals surface area contributed by atoms with E-state index >= 15 is 0 Å². The van der Waals surface area contributed by atoms with Crippen LogP contribution in [0.2, 0.25) is 0 Å². The Hall–Kier alpha value is -0.730. The molecule has 0 spiro atoms. The second-order valence-corrected chi connectivity index (χ2v) is 6.03. The Labute approximate surface area is 146 Å². The van der Waals surface area contributed by atoms with E-state index in [1.807, 2.05) is 6.92 Å². The summed E-state index contributed by atoms with van der Waals surface area (Å²) in [5, 5.41) is 34.5. The van der Waals surface area contributed by atoms with Gasteiger partial charge in [0, 0.05) is 19.6 Å². The molecule has 0 bridgehead atoms. The van der Waals surface area contributed by atoms with Gasteiger partial charge in [0.2, 0.25) is 0 Å². The third kappa shape index (κ3) is 13.7. The third-order valence-electron chi connectivity index (χ3n) is 3.88. The maximum absolute atomic E-state index is 11.0.